The molecule has 0 unspecified atom stereocenters. The van der Waals surface area contributed by atoms with E-state index in [2.05, 4.69) is 11.0 Å². The average Bonchev–Trinajstić information content (AvgIpc) is 3.03. The predicted octanol–water partition coefficient (Wildman–Crippen LogP) is 2.27. The van der Waals surface area contributed by atoms with Crippen molar-refractivity contribution in [2.24, 2.45) is 0 Å². The van der Waals surface area contributed by atoms with Crippen molar-refractivity contribution in [2.45, 2.75) is 32.8 Å². The van der Waals surface area contributed by atoms with Crippen molar-refractivity contribution in [3.63, 3.8) is 0 Å². The first-order chi connectivity index (χ1) is 12.3. The molecule has 0 bridgehead atoms. The second-order valence-corrected chi connectivity index (χ2v) is 7.31. The van der Waals surface area contributed by atoms with E-state index < -0.39 is 5.60 Å². The third-order valence-corrected chi connectivity index (χ3v) is 4.32. The Balaban J connectivity index is 1.74. The number of piperazine rings is 1. The van der Waals surface area contributed by atoms with E-state index >= 15 is 0 Å². The Bertz CT molecular complexity index is 820. The summed E-state index contributed by atoms with van der Waals surface area (Å²) in [4.78, 5) is 26.8. The summed E-state index contributed by atoms with van der Waals surface area (Å²) in [6, 6.07) is 5.83. The van der Waals surface area contributed by atoms with Crippen molar-refractivity contribution >= 4 is 17.7 Å². The Hall–Kier alpha value is -2.97. The number of carbonyl (C=O) groups excluding carboxylic acids is 2. The molecule has 0 N–H and O–H groups in total. The Kier molecular flexibility index (Phi) is 4.62. The highest BCUT2D eigenvalue weighted by atomic mass is 16.6. The molecule has 1 fully saturated rings. The van der Waals surface area contributed by atoms with Gasteiger partial charge in [0.25, 0.3) is 0 Å². The standard InChI is InChI=1S/C19H21N3O4/c1-19(2,3)26-18(24)22-8-6-21(7-9-22)16-4-5-17-14(15(16)11-20)10-13(12-23)25-17/h4-5H,6-10H2,1-3H3. The Morgan fingerprint density at radius 1 is 1.23 bits per heavy atom. The van der Waals surface area contributed by atoms with Crippen molar-refractivity contribution in [1.82, 2.24) is 4.90 Å². The topological polar surface area (TPSA) is 82.9 Å². The number of allylic oxidation sites excluding steroid dienone is 1. The number of fused-ring (bicyclic) bond motifs is 1. The second-order valence-electron chi connectivity index (χ2n) is 7.31. The number of carbonyl (C=O) groups is 1. The van der Waals surface area contributed by atoms with E-state index in [0.29, 0.717) is 37.5 Å². The minimum Gasteiger partial charge on any atom is -0.449 e. The molecule has 136 valence electrons. The van der Waals surface area contributed by atoms with E-state index in [-0.39, 0.29) is 18.3 Å². The van der Waals surface area contributed by atoms with Crippen LogP contribution in [-0.2, 0) is 16.0 Å². The van der Waals surface area contributed by atoms with Crippen LogP contribution in [0.3, 0.4) is 0 Å². The zero-order valence-electron chi connectivity index (χ0n) is 15.2. The fourth-order valence-corrected chi connectivity index (χ4v) is 3.12. The van der Waals surface area contributed by atoms with Gasteiger partial charge in [0.05, 0.1) is 11.3 Å². The number of hydrogen-bond acceptors (Lipinski definition) is 6. The fraction of sp³-hybridized carbons (Fsp3) is 0.474. The molecule has 7 nitrogen and oxygen atoms in total. The molecule has 0 aromatic heterocycles. The lowest BCUT2D eigenvalue weighted by atomic mass is 10.0. The largest absolute Gasteiger partial charge is 0.449 e. The number of anilines is 1. The van der Waals surface area contributed by atoms with Crippen LogP contribution in [-0.4, -0.2) is 48.7 Å². The number of amides is 1. The van der Waals surface area contributed by atoms with Crippen LogP contribution in [0.5, 0.6) is 5.75 Å². The molecule has 2 aliphatic heterocycles. The Labute approximate surface area is 152 Å². The quantitative estimate of drug-likeness (QED) is 0.719. The maximum Gasteiger partial charge on any atom is 0.410 e. The number of benzene rings is 1. The summed E-state index contributed by atoms with van der Waals surface area (Å²) in [6.45, 7) is 7.77. The van der Waals surface area contributed by atoms with E-state index in [9.17, 15) is 14.9 Å². The zero-order chi connectivity index (χ0) is 18.9. The van der Waals surface area contributed by atoms with Gasteiger partial charge in [0.2, 0.25) is 0 Å². The zero-order valence-corrected chi connectivity index (χ0v) is 15.2. The molecule has 2 aliphatic rings. The molecule has 1 aromatic carbocycles. The molecule has 0 radical (unpaired) electrons. The van der Waals surface area contributed by atoms with Crippen molar-refractivity contribution in [2.75, 3.05) is 31.1 Å². The highest BCUT2D eigenvalue weighted by Crippen LogP contribution is 2.37. The summed E-state index contributed by atoms with van der Waals surface area (Å²) >= 11 is 0. The van der Waals surface area contributed by atoms with Crippen LogP contribution in [0.4, 0.5) is 10.5 Å². The minimum atomic E-state index is -0.522. The molecule has 1 aromatic rings. The van der Waals surface area contributed by atoms with Gasteiger partial charge in [0, 0.05) is 38.2 Å². The lowest BCUT2D eigenvalue weighted by molar-refractivity contribution is 0.0240. The molecular weight excluding hydrogens is 334 g/mol. The van der Waals surface area contributed by atoms with Crippen LogP contribution >= 0.6 is 0 Å². The normalized spacial score (nSPS) is 16.5. The molecule has 3 rings (SSSR count). The first kappa shape index (κ1) is 17.8. The molecule has 0 saturated carbocycles. The summed E-state index contributed by atoms with van der Waals surface area (Å²) in [6.07, 6.45) is -0.0336. The highest BCUT2D eigenvalue weighted by molar-refractivity contribution is 5.71. The fourth-order valence-electron chi connectivity index (χ4n) is 3.12. The predicted molar refractivity (Wildman–Crippen MR) is 94.7 cm³/mol. The first-order valence-electron chi connectivity index (χ1n) is 8.53. The van der Waals surface area contributed by atoms with E-state index in [1.54, 1.807) is 16.9 Å². The van der Waals surface area contributed by atoms with Crippen LogP contribution in [0.1, 0.15) is 31.9 Å². The maximum atomic E-state index is 12.2. The average molecular weight is 355 g/mol. The van der Waals surface area contributed by atoms with E-state index in [1.165, 1.54) is 0 Å². The van der Waals surface area contributed by atoms with Crippen molar-refractivity contribution in [3.05, 3.63) is 29.0 Å². The van der Waals surface area contributed by atoms with Gasteiger partial charge in [-0.2, -0.15) is 5.26 Å². The third kappa shape index (κ3) is 3.51. The first-order valence-corrected chi connectivity index (χ1v) is 8.53. The maximum absolute atomic E-state index is 12.2. The monoisotopic (exact) mass is 355 g/mol. The molecule has 26 heavy (non-hydrogen) atoms. The van der Waals surface area contributed by atoms with Crippen molar-refractivity contribution < 1.29 is 19.1 Å². The summed E-state index contributed by atoms with van der Waals surface area (Å²) in [5, 5.41) is 9.62. The third-order valence-electron chi connectivity index (χ3n) is 4.32. The molecule has 1 amide bonds. The Morgan fingerprint density at radius 3 is 2.50 bits per heavy atom. The molecule has 0 spiro atoms. The second kappa shape index (κ2) is 6.74. The molecule has 1 saturated heterocycles. The smallest absolute Gasteiger partial charge is 0.410 e. The van der Waals surface area contributed by atoms with Crippen LogP contribution in [0.2, 0.25) is 0 Å². The molecule has 2 heterocycles. The molecular formula is C19H21N3O4. The molecule has 0 aliphatic carbocycles. The lowest BCUT2D eigenvalue weighted by Crippen LogP contribution is -2.50. The van der Waals surface area contributed by atoms with E-state index in [4.69, 9.17) is 9.47 Å². The number of rotatable bonds is 1. The molecule has 7 heteroatoms. The highest BCUT2D eigenvalue weighted by Gasteiger charge is 2.29. The van der Waals surface area contributed by atoms with Crippen LogP contribution < -0.4 is 9.64 Å². The Morgan fingerprint density at radius 2 is 1.92 bits per heavy atom. The summed E-state index contributed by atoms with van der Waals surface area (Å²) < 4.78 is 10.8. The van der Waals surface area contributed by atoms with Gasteiger partial charge in [-0.25, -0.2) is 9.59 Å². The summed E-state index contributed by atoms with van der Waals surface area (Å²) in [5.41, 5.74) is 1.51. The van der Waals surface area contributed by atoms with E-state index in [0.717, 1.165) is 11.3 Å². The number of nitriles is 1. The van der Waals surface area contributed by atoms with Gasteiger partial charge in [0.1, 0.15) is 17.4 Å². The minimum absolute atomic E-state index is 0.198. The van der Waals surface area contributed by atoms with Gasteiger partial charge in [-0.1, -0.05) is 0 Å². The van der Waals surface area contributed by atoms with Crippen molar-refractivity contribution in [3.8, 4) is 11.8 Å². The number of nitrogens with zero attached hydrogens (tertiary/aromatic N) is 3. The van der Waals surface area contributed by atoms with Gasteiger partial charge in [-0.05, 0) is 32.9 Å². The van der Waals surface area contributed by atoms with Gasteiger partial charge >= 0.3 is 6.09 Å². The lowest BCUT2D eigenvalue weighted by Gasteiger charge is -2.37. The SMILES string of the molecule is CC(C)(C)OC(=O)N1CCN(c2ccc3c(c2C#N)CC(=C=O)O3)CC1. The van der Waals surface area contributed by atoms with Gasteiger partial charge < -0.3 is 19.3 Å². The number of ether oxygens (including phenoxy) is 2. The van der Waals surface area contributed by atoms with Crippen LogP contribution in [0, 0.1) is 11.3 Å². The van der Waals surface area contributed by atoms with Gasteiger partial charge in [-0.15, -0.1) is 0 Å². The van der Waals surface area contributed by atoms with Gasteiger partial charge in [0.15, 0.2) is 11.7 Å². The van der Waals surface area contributed by atoms with Crippen LogP contribution in [0.25, 0.3) is 0 Å². The number of hydrogen-bond donors (Lipinski definition) is 0. The summed E-state index contributed by atoms with van der Waals surface area (Å²) in [7, 11) is 0. The van der Waals surface area contributed by atoms with Gasteiger partial charge in [-0.3, -0.25) is 0 Å². The van der Waals surface area contributed by atoms with Crippen molar-refractivity contribution in [1.29, 1.82) is 5.26 Å². The summed E-state index contributed by atoms with van der Waals surface area (Å²) in [5.74, 6) is 2.50. The van der Waals surface area contributed by atoms with Crippen LogP contribution in [0.15, 0.2) is 17.9 Å². The van der Waals surface area contributed by atoms with E-state index in [1.807, 2.05) is 26.8 Å². The molecule has 0 atom stereocenters.